The lowest BCUT2D eigenvalue weighted by Gasteiger charge is -2.37. The van der Waals surface area contributed by atoms with Crippen molar-refractivity contribution in [2.24, 2.45) is 5.73 Å². The van der Waals surface area contributed by atoms with Gasteiger partial charge in [0.1, 0.15) is 17.3 Å². The average Bonchev–Trinajstić information content (AvgIpc) is 3.03. The molecule has 0 aromatic heterocycles. The van der Waals surface area contributed by atoms with Gasteiger partial charge in [-0.15, -0.1) is 0 Å². The number of phenols is 1. The first-order valence-corrected chi connectivity index (χ1v) is 13.8. The van der Waals surface area contributed by atoms with Crippen molar-refractivity contribution < 1.29 is 24.2 Å². The number of esters is 2. The summed E-state index contributed by atoms with van der Waals surface area (Å²) in [6.07, 6.45) is 0. The second-order valence-corrected chi connectivity index (χ2v) is 10.6. The molecule has 0 radical (unpaired) electrons. The van der Waals surface area contributed by atoms with Gasteiger partial charge in [-0.1, -0.05) is 95.5 Å². The number of halogens is 3. The fourth-order valence-electron chi connectivity index (χ4n) is 5.28. The van der Waals surface area contributed by atoms with Crippen molar-refractivity contribution in [3.05, 3.63) is 116 Å². The first kappa shape index (κ1) is 29.8. The molecule has 0 aliphatic carbocycles. The molecule has 0 spiro atoms. The zero-order valence-electron chi connectivity index (χ0n) is 22.7. The van der Waals surface area contributed by atoms with Crippen molar-refractivity contribution >= 4 is 63.2 Å². The van der Waals surface area contributed by atoms with Crippen molar-refractivity contribution in [3.8, 4) is 22.9 Å². The average molecular weight is 635 g/mol. The molecule has 1 aliphatic heterocycles. The number of anilines is 1. The summed E-state index contributed by atoms with van der Waals surface area (Å²) >= 11 is 20.0. The van der Waals surface area contributed by atoms with Gasteiger partial charge in [0, 0.05) is 11.1 Å². The van der Waals surface area contributed by atoms with Gasteiger partial charge < -0.3 is 20.3 Å². The van der Waals surface area contributed by atoms with Gasteiger partial charge in [-0.3, -0.25) is 4.90 Å². The van der Waals surface area contributed by atoms with Gasteiger partial charge in [0.05, 0.1) is 58.1 Å². The van der Waals surface area contributed by atoms with E-state index in [4.69, 9.17) is 50.0 Å². The van der Waals surface area contributed by atoms with E-state index in [1.165, 1.54) is 12.1 Å². The number of carbonyl (C=O) groups excluding carboxylic acids is 2. The summed E-state index contributed by atoms with van der Waals surface area (Å²) in [5.74, 6) is -3.36. The van der Waals surface area contributed by atoms with Crippen molar-refractivity contribution in [1.29, 1.82) is 5.26 Å². The Balaban J connectivity index is 1.98. The summed E-state index contributed by atoms with van der Waals surface area (Å²) in [7, 11) is 2.28. The maximum atomic E-state index is 13.6. The molecule has 43 heavy (non-hydrogen) atoms. The Morgan fingerprint density at radius 2 is 1.58 bits per heavy atom. The van der Waals surface area contributed by atoms with Crippen LogP contribution in [0.1, 0.15) is 11.5 Å². The predicted molar refractivity (Wildman–Crippen MR) is 166 cm³/mol. The summed E-state index contributed by atoms with van der Waals surface area (Å²) in [4.78, 5) is 28.3. The fraction of sp³-hybridized carbons (Fsp3) is 0.0938. The van der Waals surface area contributed by atoms with E-state index in [1.807, 2.05) is 12.1 Å². The van der Waals surface area contributed by atoms with E-state index in [-0.39, 0.29) is 60.3 Å². The molecule has 0 amide bonds. The van der Waals surface area contributed by atoms with E-state index >= 15 is 0 Å². The van der Waals surface area contributed by atoms with Gasteiger partial charge in [-0.2, -0.15) is 5.26 Å². The predicted octanol–water partition coefficient (Wildman–Crippen LogP) is 7.07. The van der Waals surface area contributed by atoms with Gasteiger partial charge in [0.25, 0.3) is 0 Å². The maximum Gasteiger partial charge on any atom is 0.355 e. The molecule has 1 aliphatic rings. The largest absolute Gasteiger partial charge is 0.507 e. The standard InChI is InChI=1S/C32H22Cl3N3O5/c1-42-31(40)25-23(17-9-4-3-5-10-17)20(15-36)30(37)38(29(25)32(41)43-2)28-19(14-21(33)26(34)27(28)35)24-18-11-7-6-8-16(18)12-13-22(24)39/h3-14,23,39H,37H2,1-2H3. The Hall–Kier alpha value is -4.68. The van der Waals surface area contributed by atoms with Crippen LogP contribution in [0.3, 0.4) is 0 Å². The lowest BCUT2D eigenvalue weighted by molar-refractivity contribution is -0.139. The van der Waals surface area contributed by atoms with E-state index < -0.39 is 17.9 Å². The number of phenolic OH excluding ortho intramolecular Hbond substituents is 1. The number of fused-ring (bicyclic) bond motifs is 1. The first-order chi connectivity index (χ1) is 20.7. The topological polar surface area (TPSA) is 126 Å². The highest BCUT2D eigenvalue weighted by Gasteiger charge is 2.44. The zero-order valence-corrected chi connectivity index (χ0v) is 25.0. The molecule has 1 heterocycles. The maximum absolute atomic E-state index is 13.6. The highest BCUT2D eigenvalue weighted by atomic mass is 35.5. The number of carbonyl (C=O) groups is 2. The summed E-state index contributed by atoms with van der Waals surface area (Å²) in [6, 6.07) is 22.6. The molecule has 5 rings (SSSR count). The Bertz CT molecular complexity index is 1920. The summed E-state index contributed by atoms with van der Waals surface area (Å²) < 4.78 is 10.3. The fourth-order valence-corrected chi connectivity index (χ4v) is 5.97. The molecular weight excluding hydrogens is 613 g/mol. The highest BCUT2D eigenvalue weighted by molar-refractivity contribution is 6.50. The highest BCUT2D eigenvalue weighted by Crippen LogP contribution is 2.53. The van der Waals surface area contributed by atoms with E-state index in [0.29, 0.717) is 10.9 Å². The Morgan fingerprint density at radius 3 is 2.23 bits per heavy atom. The smallest absolute Gasteiger partial charge is 0.355 e. The van der Waals surface area contributed by atoms with Gasteiger partial charge in [0.2, 0.25) is 0 Å². The van der Waals surface area contributed by atoms with E-state index in [9.17, 15) is 20.0 Å². The summed E-state index contributed by atoms with van der Waals surface area (Å²) in [5, 5.41) is 22.8. The summed E-state index contributed by atoms with van der Waals surface area (Å²) in [5.41, 5.74) is 7.03. The number of methoxy groups -OCH3 is 2. The van der Waals surface area contributed by atoms with E-state index in [0.717, 1.165) is 24.5 Å². The normalized spacial score (nSPS) is 15.0. The molecule has 4 aromatic rings. The minimum atomic E-state index is -1.10. The number of nitriles is 1. The molecule has 1 unspecified atom stereocenters. The number of hydrogen-bond donors (Lipinski definition) is 2. The minimum Gasteiger partial charge on any atom is -0.507 e. The molecular formula is C32H22Cl3N3O5. The molecule has 0 saturated heterocycles. The Kier molecular flexibility index (Phi) is 8.25. The van der Waals surface area contributed by atoms with Crippen molar-refractivity contribution in [1.82, 2.24) is 0 Å². The molecule has 8 nitrogen and oxygen atoms in total. The number of hydrogen-bond acceptors (Lipinski definition) is 8. The number of nitrogens with zero attached hydrogens (tertiary/aromatic N) is 2. The lowest BCUT2D eigenvalue weighted by atomic mass is 9.80. The number of ether oxygens (including phenoxy) is 2. The molecule has 3 N–H and O–H groups in total. The molecule has 1 atom stereocenters. The third-order valence-electron chi connectivity index (χ3n) is 7.15. The van der Waals surface area contributed by atoms with Crippen LogP contribution in [0.4, 0.5) is 5.69 Å². The van der Waals surface area contributed by atoms with Crippen LogP contribution in [0.5, 0.6) is 5.75 Å². The van der Waals surface area contributed by atoms with Crippen LogP contribution in [0, 0.1) is 11.3 Å². The first-order valence-electron chi connectivity index (χ1n) is 12.7. The molecule has 11 heteroatoms. The molecule has 216 valence electrons. The van der Waals surface area contributed by atoms with Crippen LogP contribution in [-0.2, 0) is 19.1 Å². The molecule has 0 saturated carbocycles. The van der Waals surface area contributed by atoms with E-state index in [2.05, 4.69) is 6.07 Å². The minimum absolute atomic E-state index is 0.0266. The zero-order chi connectivity index (χ0) is 31.0. The SMILES string of the molecule is COC(=O)C1=C(C(=O)OC)N(c2c(-c3c(O)ccc4ccccc34)cc(Cl)c(Cl)c2Cl)C(N)=C(C#N)C1c1ccccc1. The molecule has 0 fully saturated rings. The second kappa shape index (κ2) is 11.9. The van der Waals surface area contributed by atoms with Crippen molar-refractivity contribution in [2.75, 3.05) is 19.1 Å². The van der Waals surface area contributed by atoms with Gasteiger partial charge in [-0.05, 0) is 28.5 Å². The Labute approximate surface area is 261 Å². The molecule has 4 aromatic carbocycles. The van der Waals surface area contributed by atoms with E-state index in [1.54, 1.807) is 48.5 Å². The van der Waals surface area contributed by atoms with Crippen molar-refractivity contribution in [3.63, 3.8) is 0 Å². The quantitative estimate of drug-likeness (QED) is 0.176. The van der Waals surface area contributed by atoms with Crippen LogP contribution in [0.25, 0.3) is 21.9 Å². The van der Waals surface area contributed by atoms with Crippen LogP contribution in [0.2, 0.25) is 15.1 Å². The number of allylic oxidation sites excluding steroid dienone is 1. The lowest BCUT2D eigenvalue weighted by Crippen LogP contribution is -2.41. The second-order valence-electron chi connectivity index (χ2n) is 9.40. The van der Waals surface area contributed by atoms with Crippen LogP contribution in [0.15, 0.2) is 95.5 Å². The monoisotopic (exact) mass is 633 g/mol. The van der Waals surface area contributed by atoms with Crippen LogP contribution < -0.4 is 10.6 Å². The third kappa shape index (κ3) is 4.92. The van der Waals surface area contributed by atoms with Gasteiger partial charge in [0.15, 0.2) is 0 Å². The summed E-state index contributed by atoms with van der Waals surface area (Å²) in [6.45, 7) is 0. The number of aromatic hydroxyl groups is 1. The Morgan fingerprint density at radius 1 is 0.930 bits per heavy atom. The van der Waals surface area contributed by atoms with Crippen LogP contribution >= 0.6 is 34.8 Å². The van der Waals surface area contributed by atoms with Gasteiger partial charge >= 0.3 is 11.9 Å². The van der Waals surface area contributed by atoms with Crippen LogP contribution in [-0.4, -0.2) is 31.3 Å². The third-order valence-corrected chi connectivity index (χ3v) is 8.40. The van der Waals surface area contributed by atoms with Gasteiger partial charge in [-0.25, -0.2) is 9.59 Å². The number of nitrogens with two attached hydrogens (primary N) is 1. The molecule has 0 bridgehead atoms. The number of rotatable bonds is 5. The number of benzene rings is 4. The van der Waals surface area contributed by atoms with Crippen molar-refractivity contribution in [2.45, 2.75) is 5.92 Å².